The van der Waals surface area contributed by atoms with Crippen LogP contribution in [0.4, 0.5) is 14.5 Å². The van der Waals surface area contributed by atoms with Gasteiger partial charge in [-0.3, -0.25) is 4.72 Å². The van der Waals surface area contributed by atoms with Crippen LogP contribution in [0.25, 0.3) is 11.3 Å². The van der Waals surface area contributed by atoms with Gasteiger partial charge in [0.15, 0.2) is 0 Å². The number of aromatic amines is 1. The molecule has 1 aromatic heterocycles. The van der Waals surface area contributed by atoms with Gasteiger partial charge >= 0.3 is 0 Å². The van der Waals surface area contributed by atoms with Crippen LogP contribution in [0.3, 0.4) is 0 Å². The Morgan fingerprint density at radius 1 is 1.08 bits per heavy atom. The molecule has 3 rings (SSSR count). The Labute approximate surface area is 149 Å². The lowest BCUT2D eigenvalue weighted by atomic mass is 10.1. The van der Waals surface area contributed by atoms with E-state index in [2.05, 4.69) is 9.71 Å². The standard InChI is InChI=1S/C18H13F2N3O2S/c1-11-2-4-13(7-15(11)19)18-8-14(10-22-18)26(24,25)23-17-5-3-12(9-21)6-16(17)20/h2-8,10,22-23H,1H3. The molecule has 0 unspecified atom stereocenters. The first kappa shape index (κ1) is 17.6. The highest BCUT2D eigenvalue weighted by Crippen LogP contribution is 2.25. The highest BCUT2D eigenvalue weighted by molar-refractivity contribution is 7.92. The maximum Gasteiger partial charge on any atom is 0.263 e. The predicted molar refractivity (Wildman–Crippen MR) is 92.8 cm³/mol. The molecule has 0 saturated heterocycles. The van der Waals surface area contributed by atoms with E-state index < -0.39 is 21.7 Å². The number of hydrogen-bond acceptors (Lipinski definition) is 3. The van der Waals surface area contributed by atoms with Crippen molar-refractivity contribution in [3.05, 3.63) is 71.4 Å². The third-order valence-electron chi connectivity index (χ3n) is 3.79. The predicted octanol–water partition coefficient (Wildman–Crippen LogP) is 3.94. The quantitative estimate of drug-likeness (QED) is 0.726. The molecule has 0 radical (unpaired) electrons. The van der Waals surface area contributed by atoms with Crippen molar-refractivity contribution in [1.29, 1.82) is 5.26 Å². The lowest BCUT2D eigenvalue weighted by Gasteiger charge is -2.07. The molecule has 0 aliphatic rings. The van der Waals surface area contributed by atoms with E-state index in [9.17, 15) is 17.2 Å². The maximum absolute atomic E-state index is 13.9. The molecule has 132 valence electrons. The van der Waals surface area contributed by atoms with Crippen molar-refractivity contribution in [3.8, 4) is 17.3 Å². The molecular formula is C18H13F2N3O2S. The van der Waals surface area contributed by atoms with E-state index in [1.165, 1.54) is 30.5 Å². The molecule has 0 amide bonds. The minimum absolute atomic E-state index is 0.0794. The molecule has 0 fully saturated rings. The lowest BCUT2D eigenvalue weighted by molar-refractivity contribution is 0.598. The summed E-state index contributed by atoms with van der Waals surface area (Å²) in [4.78, 5) is 2.64. The topological polar surface area (TPSA) is 85.8 Å². The Hall–Kier alpha value is -3.18. The summed E-state index contributed by atoms with van der Waals surface area (Å²) in [6.07, 6.45) is 1.23. The average Bonchev–Trinajstić information content (AvgIpc) is 3.10. The zero-order chi connectivity index (χ0) is 18.9. The van der Waals surface area contributed by atoms with Crippen LogP contribution in [0.2, 0.25) is 0 Å². The fourth-order valence-electron chi connectivity index (χ4n) is 2.33. The van der Waals surface area contributed by atoms with E-state index >= 15 is 0 Å². The summed E-state index contributed by atoms with van der Waals surface area (Å²) in [6, 6.07) is 11.1. The summed E-state index contributed by atoms with van der Waals surface area (Å²) in [7, 11) is -4.06. The summed E-state index contributed by atoms with van der Waals surface area (Å²) in [5.74, 6) is -1.26. The number of sulfonamides is 1. The smallest absolute Gasteiger partial charge is 0.263 e. The fourth-order valence-corrected chi connectivity index (χ4v) is 3.39. The number of anilines is 1. The van der Waals surface area contributed by atoms with Crippen LogP contribution in [0, 0.1) is 29.9 Å². The van der Waals surface area contributed by atoms with E-state index in [0.717, 1.165) is 6.07 Å². The van der Waals surface area contributed by atoms with Gasteiger partial charge in [-0.15, -0.1) is 0 Å². The number of rotatable bonds is 4. The molecule has 0 bridgehead atoms. The van der Waals surface area contributed by atoms with Gasteiger partial charge in [0.1, 0.15) is 16.5 Å². The van der Waals surface area contributed by atoms with Crippen LogP contribution in [-0.4, -0.2) is 13.4 Å². The van der Waals surface area contributed by atoms with Crippen LogP contribution in [-0.2, 0) is 10.0 Å². The van der Waals surface area contributed by atoms with Gasteiger partial charge in [0.25, 0.3) is 10.0 Å². The Morgan fingerprint density at radius 2 is 1.85 bits per heavy atom. The second-order valence-electron chi connectivity index (χ2n) is 5.62. The van der Waals surface area contributed by atoms with Gasteiger partial charge in [0.05, 0.1) is 17.3 Å². The second-order valence-corrected chi connectivity index (χ2v) is 7.31. The molecule has 1 heterocycles. The van der Waals surface area contributed by atoms with Gasteiger partial charge in [-0.1, -0.05) is 12.1 Å². The molecule has 5 nitrogen and oxygen atoms in total. The van der Waals surface area contributed by atoms with Gasteiger partial charge in [0.2, 0.25) is 0 Å². The Bertz CT molecular complexity index is 1130. The SMILES string of the molecule is Cc1ccc(-c2cc(S(=O)(=O)Nc3ccc(C#N)cc3F)c[nH]2)cc1F. The van der Waals surface area contributed by atoms with Crippen LogP contribution in [0.15, 0.2) is 53.6 Å². The maximum atomic E-state index is 13.9. The first-order chi connectivity index (χ1) is 12.3. The molecular weight excluding hydrogens is 360 g/mol. The number of nitrogens with zero attached hydrogens (tertiary/aromatic N) is 1. The summed E-state index contributed by atoms with van der Waals surface area (Å²) >= 11 is 0. The lowest BCUT2D eigenvalue weighted by Crippen LogP contribution is -2.13. The zero-order valence-corrected chi connectivity index (χ0v) is 14.4. The molecule has 26 heavy (non-hydrogen) atoms. The van der Waals surface area contributed by atoms with Crippen molar-refractivity contribution >= 4 is 15.7 Å². The number of aryl methyl sites for hydroxylation is 1. The van der Waals surface area contributed by atoms with Gasteiger partial charge in [-0.2, -0.15) is 5.26 Å². The Kier molecular flexibility index (Phi) is 4.49. The summed E-state index contributed by atoms with van der Waals surface area (Å²) in [5, 5.41) is 8.72. The summed E-state index contributed by atoms with van der Waals surface area (Å²) in [5.41, 5.74) is 1.18. The number of nitriles is 1. The van der Waals surface area contributed by atoms with Crippen molar-refractivity contribution in [3.63, 3.8) is 0 Å². The number of hydrogen-bond donors (Lipinski definition) is 2. The molecule has 0 aliphatic heterocycles. The molecule has 0 saturated carbocycles. The second kappa shape index (κ2) is 6.61. The Balaban J connectivity index is 1.90. The van der Waals surface area contributed by atoms with E-state index in [1.807, 2.05) is 0 Å². The van der Waals surface area contributed by atoms with E-state index in [1.54, 1.807) is 25.1 Å². The van der Waals surface area contributed by atoms with Gasteiger partial charge < -0.3 is 4.98 Å². The fraction of sp³-hybridized carbons (Fsp3) is 0.0556. The molecule has 0 aliphatic carbocycles. The molecule has 0 atom stereocenters. The largest absolute Gasteiger partial charge is 0.360 e. The summed E-state index contributed by atoms with van der Waals surface area (Å²) < 4.78 is 54.6. The molecule has 3 aromatic rings. The number of halogens is 2. The highest BCUT2D eigenvalue weighted by atomic mass is 32.2. The molecule has 2 aromatic carbocycles. The van der Waals surface area contributed by atoms with Gasteiger partial charge in [-0.05, 0) is 42.8 Å². The summed E-state index contributed by atoms with van der Waals surface area (Å²) in [6.45, 7) is 1.62. The normalized spacial score (nSPS) is 11.2. The minimum Gasteiger partial charge on any atom is -0.360 e. The monoisotopic (exact) mass is 373 g/mol. The first-order valence-electron chi connectivity index (χ1n) is 7.47. The van der Waals surface area contributed by atoms with Gasteiger partial charge in [0, 0.05) is 17.5 Å². The van der Waals surface area contributed by atoms with Gasteiger partial charge in [-0.25, -0.2) is 17.2 Å². The average molecular weight is 373 g/mol. The molecule has 0 spiro atoms. The van der Waals surface area contributed by atoms with Crippen LogP contribution < -0.4 is 4.72 Å². The van der Waals surface area contributed by atoms with E-state index in [0.29, 0.717) is 16.8 Å². The first-order valence-corrected chi connectivity index (χ1v) is 8.96. The van der Waals surface area contributed by atoms with Crippen molar-refractivity contribution in [2.45, 2.75) is 11.8 Å². The number of aromatic nitrogens is 1. The van der Waals surface area contributed by atoms with Crippen molar-refractivity contribution in [2.75, 3.05) is 4.72 Å². The zero-order valence-electron chi connectivity index (χ0n) is 13.5. The third-order valence-corrected chi connectivity index (χ3v) is 5.14. The highest BCUT2D eigenvalue weighted by Gasteiger charge is 2.19. The molecule has 8 heteroatoms. The Morgan fingerprint density at radius 3 is 2.50 bits per heavy atom. The van der Waals surface area contributed by atoms with E-state index in [-0.39, 0.29) is 16.1 Å². The van der Waals surface area contributed by atoms with Crippen LogP contribution >= 0.6 is 0 Å². The number of benzene rings is 2. The van der Waals surface area contributed by atoms with Crippen molar-refractivity contribution in [2.24, 2.45) is 0 Å². The minimum atomic E-state index is -4.06. The van der Waals surface area contributed by atoms with Crippen molar-refractivity contribution in [1.82, 2.24) is 4.98 Å². The van der Waals surface area contributed by atoms with Crippen LogP contribution in [0.1, 0.15) is 11.1 Å². The number of nitrogens with one attached hydrogen (secondary N) is 2. The van der Waals surface area contributed by atoms with Crippen molar-refractivity contribution < 1.29 is 17.2 Å². The third kappa shape index (κ3) is 3.43. The molecule has 2 N–H and O–H groups in total. The van der Waals surface area contributed by atoms with Crippen LogP contribution in [0.5, 0.6) is 0 Å². The van der Waals surface area contributed by atoms with E-state index in [4.69, 9.17) is 5.26 Å². The number of H-pyrrole nitrogens is 1.